The minimum Gasteiger partial charge on any atom is -0.508 e. The van der Waals surface area contributed by atoms with Crippen LogP contribution >= 0.6 is 0 Å². The lowest BCUT2D eigenvalue weighted by Crippen LogP contribution is -2.28. The minimum atomic E-state index is -0.523. The van der Waals surface area contributed by atoms with E-state index in [2.05, 4.69) is 0 Å². The predicted molar refractivity (Wildman–Crippen MR) is 134 cm³/mol. The summed E-state index contributed by atoms with van der Waals surface area (Å²) in [7, 11) is 4.69. The number of ketones is 1. The van der Waals surface area contributed by atoms with Crippen LogP contribution in [0.25, 0.3) is 12.2 Å². The van der Waals surface area contributed by atoms with Crippen molar-refractivity contribution in [2.45, 2.75) is 0 Å². The molecule has 0 saturated carbocycles. The lowest BCUT2D eigenvalue weighted by molar-refractivity contribution is -0.671. The van der Waals surface area contributed by atoms with Gasteiger partial charge in [-0.2, -0.15) is 0 Å². The Kier molecular flexibility index (Phi) is 8.61. The van der Waals surface area contributed by atoms with Crippen LogP contribution in [0.2, 0.25) is 0 Å². The molecule has 1 aromatic heterocycles. The van der Waals surface area contributed by atoms with Crippen LogP contribution in [0, 0.1) is 0 Å². The molecule has 0 aliphatic rings. The van der Waals surface area contributed by atoms with E-state index in [0.717, 1.165) is 6.08 Å². The average Bonchev–Trinajstić information content (AvgIpc) is 2.87. The number of aromatic hydroxyl groups is 1. The van der Waals surface area contributed by atoms with Crippen LogP contribution in [0.3, 0.4) is 0 Å². The Morgan fingerprint density at radius 3 is 2.25 bits per heavy atom. The zero-order chi connectivity index (χ0) is 26.1. The van der Waals surface area contributed by atoms with Crippen molar-refractivity contribution in [3.05, 3.63) is 102 Å². The predicted octanol–water partition coefficient (Wildman–Crippen LogP) is 4.19. The van der Waals surface area contributed by atoms with E-state index in [1.54, 1.807) is 72.5 Å². The van der Waals surface area contributed by atoms with E-state index < -0.39 is 11.8 Å². The number of aliphatic hydroxyl groups excluding tert-OH is 1. The maximum atomic E-state index is 12.4. The summed E-state index contributed by atoms with van der Waals surface area (Å²) in [6.45, 7) is 0. The Morgan fingerprint density at radius 2 is 1.56 bits per heavy atom. The highest BCUT2D eigenvalue weighted by molar-refractivity contribution is 6.02. The van der Waals surface area contributed by atoms with Crippen LogP contribution in [0.5, 0.6) is 23.0 Å². The van der Waals surface area contributed by atoms with Gasteiger partial charge < -0.3 is 24.4 Å². The van der Waals surface area contributed by atoms with E-state index in [1.165, 1.54) is 38.5 Å². The third-order valence-electron chi connectivity index (χ3n) is 4.95. The Bertz CT molecular complexity index is 1360. The fourth-order valence-electron chi connectivity index (χ4n) is 3.14. The summed E-state index contributed by atoms with van der Waals surface area (Å²) in [6, 6.07) is 13.0. The standard InChI is InChI=1S/C28H25NO7/c1-29-14-4-5-21(18-29)28(33)36-25-13-9-20(16-27(25)35-3)7-11-23(31)17-22(30)10-6-19-8-12-24(32)26(15-19)34-2/h4-18H,1-3H3,(H-,30,31,32)/p+1/b11-7+. The maximum absolute atomic E-state index is 12.4. The van der Waals surface area contributed by atoms with Gasteiger partial charge in [0.05, 0.1) is 14.2 Å². The molecule has 3 rings (SSSR count). The van der Waals surface area contributed by atoms with Gasteiger partial charge in [-0.25, -0.2) is 9.36 Å². The second-order valence-corrected chi connectivity index (χ2v) is 7.63. The lowest BCUT2D eigenvalue weighted by Gasteiger charge is -2.09. The van der Waals surface area contributed by atoms with E-state index >= 15 is 0 Å². The monoisotopic (exact) mass is 488 g/mol. The number of methoxy groups -OCH3 is 2. The van der Waals surface area contributed by atoms with Gasteiger partial charge in [-0.05, 0) is 53.6 Å². The Labute approximate surface area is 208 Å². The van der Waals surface area contributed by atoms with E-state index in [4.69, 9.17) is 14.2 Å². The van der Waals surface area contributed by atoms with Crippen LogP contribution < -0.4 is 18.8 Å². The van der Waals surface area contributed by atoms with Gasteiger partial charge in [0.25, 0.3) is 0 Å². The highest BCUT2D eigenvalue weighted by atomic mass is 16.6. The number of hydrogen-bond donors (Lipinski definition) is 2. The molecule has 3 aromatic rings. The molecular formula is C28H26NO7+. The Balaban J connectivity index is 1.66. The molecule has 8 nitrogen and oxygen atoms in total. The summed E-state index contributed by atoms with van der Waals surface area (Å²) in [5, 5.41) is 19.7. The van der Waals surface area contributed by atoms with E-state index in [-0.39, 0.29) is 23.0 Å². The first kappa shape index (κ1) is 25.8. The molecule has 0 aliphatic carbocycles. The third kappa shape index (κ3) is 7.07. The fraction of sp³-hybridized carbons (Fsp3) is 0.107. The molecule has 0 bridgehead atoms. The van der Waals surface area contributed by atoms with Gasteiger partial charge in [-0.1, -0.05) is 24.3 Å². The van der Waals surface area contributed by atoms with Crippen molar-refractivity contribution in [2.24, 2.45) is 7.05 Å². The number of rotatable bonds is 9. The third-order valence-corrected chi connectivity index (χ3v) is 4.95. The molecule has 2 N–H and O–H groups in total. The van der Waals surface area contributed by atoms with Crippen molar-refractivity contribution in [1.82, 2.24) is 0 Å². The molecule has 0 radical (unpaired) electrons. The van der Waals surface area contributed by atoms with Gasteiger partial charge in [0.1, 0.15) is 18.4 Å². The zero-order valence-corrected chi connectivity index (χ0v) is 20.0. The number of benzene rings is 2. The first-order valence-corrected chi connectivity index (χ1v) is 10.8. The number of carbonyl (C=O) groups excluding carboxylic acids is 2. The zero-order valence-electron chi connectivity index (χ0n) is 20.0. The lowest BCUT2D eigenvalue weighted by atomic mass is 10.1. The SMILES string of the molecule is COc1cc(/C=C/C(=O)C=C(O)/C=C/c2ccc(OC(=O)c3ccc[n+](C)c3)c(OC)c2)ccc1O. The largest absolute Gasteiger partial charge is 0.508 e. The van der Waals surface area contributed by atoms with Crippen LogP contribution in [-0.2, 0) is 11.8 Å². The molecule has 0 spiro atoms. The summed E-state index contributed by atoms with van der Waals surface area (Å²) >= 11 is 0. The second kappa shape index (κ2) is 12.0. The van der Waals surface area contributed by atoms with E-state index in [1.807, 2.05) is 0 Å². The van der Waals surface area contributed by atoms with Crippen LogP contribution in [-0.4, -0.2) is 36.2 Å². The number of phenolic OH excluding ortho intramolecular Hbond substituents is 1. The maximum Gasteiger partial charge on any atom is 0.349 e. The Hall–Kier alpha value is -4.85. The highest BCUT2D eigenvalue weighted by Crippen LogP contribution is 2.29. The van der Waals surface area contributed by atoms with Gasteiger partial charge in [0.15, 0.2) is 41.2 Å². The number of aryl methyl sites for hydroxylation is 1. The topological polar surface area (TPSA) is 106 Å². The fourth-order valence-corrected chi connectivity index (χ4v) is 3.14. The molecule has 0 saturated heterocycles. The van der Waals surface area contributed by atoms with Crippen LogP contribution in [0.4, 0.5) is 0 Å². The number of pyridine rings is 1. The number of nitrogens with zero attached hydrogens (tertiary/aromatic N) is 1. The van der Waals surface area contributed by atoms with Gasteiger partial charge in [-0.3, -0.25) is 4.79 Å². The summed E-state index contributed by atoms with van der Waals surface area (Å²) in [5.41, 5.74) is 1.69. The number of phenols is 1. The molecule has 184 valence electrons. The Morgan fingerprint density at radius 1 is 0.889 bits per heavy atom. The van der Waals surface area contributed by atoms with Crippen molar-refractivity contribution in [3.63, 3.8) is 0 Å². The van der Waals surface area contributed by atoms with Crippen molar-refractivity contribution in [3.8, 4) is 23.0 Å². The van der Waals surface area contributed by atoms with Gasteiger partial charge >= 0.3 is 5.97 Å². The number of hydrogen-bond acceptors (Lipinski definition) is 7. The number of ether oxygens (including phenoxy) is 3. The molecule has 2 aromatic carbocycles. The first-order chi connectivity index (χ1) is 17.3. The molecular weight excluding hydrogens is 462 g/mol. The van der Waals surface area contributed by atoms with Crippen molar-refractivity contribution in [1.29, 1.82) is 0 Å². The number of allylic oxidation sites excluding steroid dienone is 3. The number of carbonyl (C=O) groups is 2. The normalized spacial score (nSPS) is 11.6. The minimum absolute atomic E-state index is 0.00291. The molecule has 1 heterocycles. The summed E-state index contributed by atoms with van der Waals surface area (Å²) in [6.07, 6.45) is 10.3. The summed E-state index contributed by atoms with van der Waals surface area (Å²) in [5.74, 6) is -0.341. The number of aliphatic hydroxyl groups is 1. The molecule has 8 heteroatoms. The van der Waals surface area contributed by atoms with Crippen LogP contribution in [0.1, 0.15) is 21.5 Å². The van der Waals surface area contributed by atoms with Crippen molar-refractivity contribution < 1.29 is 38.6 Å². The van der Waals surface area contributed by atoms with Gasteiger partial charge in [0, 0.05) is 12.1 Å². The second-order valence-electron chi connectivity index (χ2n) is 7.63. The molecule has 0 fully saturated rings. The van der Waals surface area contributed by atoms with Crippen LogP contribution in [0.15, 0.2) is 84.9 Å². The van der Waals surface area contributed by atoms with Crippen molar-refractivity contribution >= 4 is 23.9 Å². The molecule has 0 atom stereocenters. The summed E-state index contributed by atoms with van der Waals surface area (Å²) in [4.78, 5) is 24.6. The number of aromatic nitrogens is 1. The first-order valence-electron chi connectivity index (χ1n) is 10.8. The smallest absolute Gasteiger partial charge is 0.349 e. The van der Waals surface area contributed by atoms with E-state index in [0.29, 0.717) is 22.4 Å². The quantitative estimate of drug-likeness (QED) is 0.116. The van der Waals surface area contributed by atoms with Gasteiger partial charge in [-0.15, -0.1) is 0 Å². The number of esters is 1. The van der Waals surface area contributed by atoms with E-state index in [9.17, 15) is 19.8 Å². The van der Waals surface area contributed by atoms with Crippen molar-refractivity contribution in [2.75, 3.05) is 14.2 Å². The highest BCUT2D eigenvalue weighted by Gasteiger charge is 2.15. The molecule has 0 unspecified atom stereocenters. The molecule has 36 heavy (non-hydrogen) atoms. The molecule has 0 aliphatic heterocycles. The van der Waals surface area contributed by atoms with Gasteiger partial charge in [0.2, 0.25) is 0 Å². The average molecular weight is 489 g/mol. The molecule has 0 amide bonds. The summed E-state index contributed by atoms with van der Waals surface area (Å²) < 4.78 is 17.6.